The van der Waals surface area contributed by atoms with Gasteiger partial charge in [0.15, 0.2) is 5.96 Å². The van der Waals surface area contributed by atoms with Crippen molar-refractivity contribution >= 4 is 29.9 Å². The van der Waals surface area contributed by atoms with Crippen LogP contribution in [0.4, 0.5) is 0 Å². The summed E-state index contributed by atoms with van der Waals surface area (Å²) in [6.45, 7) is 5.29. The first-order valence-electron chi connectivity index (χ1n) is 8.96. The predicted molar refractivity (Wildman–Crippen MR) is 124 cm³/mol. The standard InChI is InChI=1S/C21H29N3O3.HI/c1-15(2)27-18-9-6-16(7-10-18)13-23-21(22-3)24-14-17-8-11-19(25-4)12-20(17)26-5;/h6-12,15H,13-14H2,1-5H3,(H2,22,23,24);1H. The van der Waals surface area contributed by atoms with Crippen LogP contribution in [0.5, 0.6) is 17.2 Å². The highest BCUT2D eigenvalue weighted by molar-refractivity contribution is 14.0. The Kier molecular flexibility index (Phi) is 10.5. The second-order valence-electron chi connectivity index (χ2n) is 6.27. The molecule has 2 aromatic carbocycles. The van der Waals surface area contributed by atoms with Crippen LogP contribution in [0.2, 0.25) is 0 Å². The van der Waals surface area contributed by atoms with E-state index in [1.807, 2.05) is 56.3 Å². The Morgan fingerprint density at radius 2 is 1.57 bits per heavy atom. The van der Waals surface area contributed by atoms with Crippen molar-refractivity contribution < 1.29 is 14.2 Å². The van der Waals surface area contributed by atoms with Gasteiger partial charge in [-0.1, -0.05) is 12.1 Å². The number of hydrogen-bond acceptors (Lipinski definition) is 4. The third kappa shape index (κ3) is 7.46. The molecule has 154 valence electrons. The number of rotatable bonds is 8. The maximum Gasteiger partial charge on any atom is 0.191 e. The van der Waals surface area contributed by atoms with E-state index >= 15 is 0 Å². The zero-order valence-electron chi connectivity index (χ0n) is 17.1. The average molecular weight is 499 g/mol. The van der Waals surface area contributed by atoms with Gasteiger partial charge in [-0.05, 0) is 43.7 Å². The van der Waals surface area contributed by atoms with Crippen LogP contribution in [0.25, 0.3) is 0 Å². The number of hydrogen-bond donors (Lipinski definition) is 2. The van der Waals surface area contributed by atoms with E-state index in [1.54, 1.807) is 21.3 Å². The van der Waals surface area contributed by atoms with Crippen molar-refractivity contribution in [1.82, 2.24) is 10.6 Å². The highest BCUT2D eigenvalue weighted by atomic mass is 127. The van der Waals surface area contributed by atoms with Crippen molar-refractivity contribution in [3.05, 3.63) is 53.6 Å². The monoisotopic (exact) mass is 499 g/mol. The zero-order chi connectivity index (χ0) is 19.6. The number of methoxy groups -OCH3 is 2. The van der Waals surface area contributed by atoms with Crippen LogP contribution in [0.1, 0.15) is 25.0 Å². The third-order valence-electron chi connectivity index (χ3n) is 3.92. The molecule has 0 aliphatic carbocycles. The van der Waals surface area contributed by atoms with Gasteiger partial charge in [-0.25, -0.2) is 0 Å². The molecule has 0 heterocycles. The Morgan fingerprint density at radius 3 is 2.14 bits per heavy atom. The maximum atomic E-state index is 5.66. The molecule has 0 spiro atoms. The van der Waals surface area contributed by atoms with Crippen molar-refractivity contribution in [2.45, 2.75) is 33.0 Å². The summed E-state index contributed by atoms with van der Waals surface area (Å²) in [5.74, 6) is 3.14. The number of halogens is 1. The van der Waals surface area contributed by atoms with Crippen molar-refractivity contribution in [2.75, 3.05) is 21.3 Å². The van der Waals surface area contributed by atoms with Gasteiger partial charge in [-0.3, -0.25) is 4.99 Å². The lowest BCUT2D eigenvalue weighted by Crippen LogP contribution is -2.36. The van der Waals surface area contributed by atoms with Crippen LogP contribution in [-0.4, -0.2) is 33.3 Å². The van der Waals surface area contributed by atoms with E-state index in [-0.39, 0.29) is 30.1 Å². The van der Waals surface area contributed by atoms with E-state index in [2.05, 4.69) is 15.6 Å². The molecule has 28 heavy (non-hydrogen) atoms. The molecule has 0 amide bonds. The lowest BCUT2D eigenvalue weighted by atomic mass is 10.2. The number of benzene rings is 2. The molecule has 2 N–H and O–H groups in total. The molecule has 0 saturated heterocycles. The minimum Gasteiger partial charge on any atom is -0.497 e. The Hall–Kier alpha value is -2.16. The third-order valence-corrected chi connectivity index (χ3v) is 3.92. The molecule has 0 atom stereocenters. The summed E-state index contributed by atoms with van der Waals surface area (Å²) in [6, 6.07) is 13.8. The number of aliphatic imine (C=N–C) groups is 1. The summed E-state index contributed by atoms with van der Waals surface area (Å²) in [5, 5.41) is 6.61. The Labute approximate surface area is 184 Å². The van der Waals surface area contributed by atoms with Crippen molar-refractivity contribution in [2.24, 2.45) is 4.99 Å². The Balaban J connectivity index is 0.00000392. The number of guanidine groups is 1. The molecule has 0 saturated carbocycles. The first-order valence-corrected chi connectivity index (χ1v) is 8.96. The molecular formula is C21H30IN3O3. The van der Waals surface area contributed by atoms with Gasteiger partial charge in [0.05, 0.1) is 20.3 Å². The summed E-state index contributed by atoms with van der Waals surface area (Å²) >= 11 is 0. The molecule has 2 aromatic rings. The number of nitrogens with zero attached hydrogens (tertiary/aromatic N) is 1. The quantitative estimate of drug-likeness (QED) is 0.327. The predicted octanol–water partition coefficient (Wildman–Crippen LogP) is 3.97. The molecule has 0 unspecified atom stereocenters. The van der Waals surface area contributed by atoms with Gasteiger partial charge in [0.25, 0.3) is 0 Å². The molecule has 0 bridgehead atoms. The maximum absolute atomic E-state index is 5.66. The summed E-state index contributed by atoms with van der Waals surface area (Å²) < 4.78 is 16.3. The lowest BCUT2D eigenvalue weighted by Gasteiger charge is -2.15. The van der Waals surface area contributed by atoms with E-state index in [0.717, 1.165) is 34.3 Å². The number of ether oxygens (including phenoxy) is 3. The van der Waals surface area contributed by atoms with Gasteiger partial charge in [0.2, 0.25) is 0 Å². The van der Waals surface area contributed by atoms with Crippen LogP contribution < -0.4 is 24.8 Å². The first-order chi connectivity index (χ1) is 13.0. The zero-order valence-corrected chi connectivity index (χ0v) is 19.4. The lowest BCUT2D eigenvalue weighted by molar-refractivity contribution is 0.242. The second kappa shape index (κ2) is 12.3. The van der Waals surface area contributed by atoms with E-state index in [1.165, 1.54) is 0 Å². The SMILES string of the molecule is CN=C(NCc1ccc(OC(C)C)cc1)NCc1ccc(OC)cc1OC.I. The molecule has 0 radical (unpaired) electrons. The fraction of sp³-hybridized carbons (Fsp3) is 0.381. The fourth-order valence-electron chi connectivity index (χ4n) is 2.54. The summed E-state index contributed by atoms with van der Waals surface area (Å²) in [6.07, 6.45) is 0.173. The topological polar surface area (TPSA) is 64.1 Å². The van der Waals surface area contributed by atoms with Gasteiger partial charge in [0, 0.05) is 31.8 Å². The normalized spacial score (nSPS) is 10.9. The number of nitrogens with one attached hydrogen (secondary N) is 2. The molecule has 0 aliphatic rings. The molecular weight excluding hydrogens is 469 g/mol. The average Bonchev–Trinajstić information content (AvgIpc) is 2.68. The Bertz CT molecular complexity index is 749. The highest BCUT2D eigenvalue weighted by Crippen LogP contribution is 2.24. The van der Waals surface area contributed by atoms with Crippen LogP contribution in [0.15, 0.2) is 47.5 Å². The van der Waals surface area contributed by atoms with Crippen LogP contribution in [0, 0.1) is 0 Å². The van der Waals surface area contributed by atoms with Crippen molar-refractivity contribution in [3.8, 4) is 17.2 Å². The van der Waals surface area contributed by atoms with Gasteiger partial charge < -0.3 is 24.8 Å². The highest BCUT2D eigenvalue weighted by Gasteiger charge is 2.06. The van der Waals surface area contributed by atoms with Crippen LogP contribution in [0.3, 0.4) is 0 Å². The summed E-state index contributed by atoms with van der Waals surface area (Å²) in [5.41, 5.74) is 2.17. The molecule has 2 rings (SSSR count). The van der Waals surface area contributed by atoms with Gasteiger partial charge >= 0.3 is 0 Å². The van der Waals surface area contributed by atoms with Gasteiger partial charge in [0.1, 0.15) is 17.2 Å². The van der Waals surface area contributed by atoms with E-state index in [9.17, 15) is 0 Å². The van der Waals surface area contributed by atoms with Gasteiger partial charge in [-0.15, -0.1) is 24.0 Å². The Morgan fingerprint density at radius 1 is 0.929 bits per heavy atom. The molecule has 0 fully saturated rings. The molecule has 0 aromatic heterocycles. The molecule has 7 heteroatoms. The smallest absolute Gasteiger partial charge is 0.191 e. The fourth-order valence-corrected chi connectivity index (χ4v) is 2.54. The van der Waals surface area contributed by atoms with Crippen molar-refractivity contribution in [1.29, 1.82) is 0 Å². The minimum absolute atomic E-state index is 0. The minimum atomic E-state index is 0. The van der Waals surface area contributed by atoms with Gasteiger partial charge in [-0.2, -0.15) is 0 Å². The first kappa shape index (κ1) is 23.9. The summed E-state index contributed by atoms with van der Waals surface area (Å²) in [7, 11) is 5.04. The van der Waals surface area contributed by atoms with E-state index < -0.39 is 0 Å². The van der Waals surface area contributed by atoms with E-state index in [0.29, 0.717) is 13.1 Å². The van der Waals surface area contributed by atoms with E-state index in [4.69, 9.17) is 14.2 Å². The summed E-state index contributed by atoms with van der Waals surface area (Å²) in [4.78, 5) is 4.27. The molecule has 0 aliphatic heterocycles. The van der Waals surface area contributed by atoms with Crippen LogP contribution in [-0.2, 0) is 13.1 Å². The second-order valence-corrected chi connectivity index (χ2v) is 6.27. The largest absolute Gasteiger partial charge is 0.497 e. The van der Waals surface area contributed by atoms with Crippen molar-refractivity contribution in [3.63, 3.8) is 0 Å². The molecule has 6 nitrogen and oxygen atoms in total. The van der Waals surface area contributed by atoms with Crippen LogP contribution >= 0.6 is 24.0 Å².